The SMILES string of the molecule is CCC(CC)C(CNC(=NC)NCc1cccc(OC)c1OC)N1CCOCC1. The van der Waals surface area contributed by atoms with Crippen molar-refractivity contribution in [2.24, 2.45) is 10.9 Å². The number of benzene rings is 1. The van der Waals surface area contributed by atoms with Crippen LogP contribution in [0.25, 0.3) is 0 Å². The molecule has 1 aromatic rings. The first-order valence-corrected chi connectivity index (χ1v) is 10.6. The van der Waals surface area contributed by atoms with Crippen molar-refractivity contribution in [3.63, 3.8) is 0 Å². The van der Waals surface area contributed by atoms with Crippen LogP contribution in [0.3, 0.4) is 0 Å². The lowest BCUT2D eigenvalue weighted by atomic mass is 9.92. The molecule has 0 spiro atoms. The summed E-state index contributed by atoms with van der Waals surface area (Å²) in [6, 6.07) is 6.37. The number of guanidine groups is 1. The van der Waals surface area contributed by atoms with Gasteiger partial charge in [0.1, 0.15) is 0 Å². The Morgan fingerprint density at radius 1 is 1.14 bits per heavy atom. The van der Waals surface area contributed by atoms with Crippen molar-refractivity contribution in [1.82, 2.24) is 15.5 Å². The van der Waals surface area contributed by atoms with Crippen LogP contribution >= 0.6 is 0 Å². The summed E-state index contributed by atoms with van der Waals surface area (Å²) in [5, 5.41) is 6.94. The molecule has 29 heavy (non-hydrogen) atoms. The molecule has 1 unspecified atom stereocenters. The van der Waals surface area contributed by atoms with Gasteiger partial charge in [-0.05, 0) is 12.0 Å². The molecule has 0 amide bonds. The van der Waals surface area contributed by atoms with E-state index in [4.69, 9.17) is 14.2 Å². The maximum atomic E-state index is 5.55. The molecule has 0 aromatic heterocycles. The van der Waals surface area contributed by atoms with E-state index in [1.54, 1.807) is 21.3 Å². The molecule has 164 valence electrons. The number of nitrogens with zero attached hydrogens (tertiary/aromatic N) is 2. The zero-order valence-electron chi connectivity index (χ0n) is 18.7. The zero-order chi connectivity index (χ0) is 21.1. The Hall–Kier alpha value is -1.99. The second-order valence-corrected chi connectivity index (χ2v) is 7.25. The highest BCUT2D eigenvalue weighted by molar-refractivity contribution is 5.79. The quantitative estimate of drug-likeness (QED) is 0.460. The summed E-state index contributed by atoms with van der Waals surface area (Å²) in [5.74, 6) is 2.92. The summed E-state index contributed by atoms with van der Waals surface area (Å²) in [5.41, 5.74) is 1.03. The number of ether oxygens (including phenoxy) is 3. The highest BCUT2D eigenvalue weighted by atomic mass is 16.5. The normalized spacial score (nSPS) is 16.6. The van der Waals surface area contributed by atoms with Crippen LogP contribution in [-0.4, -0.2) is 71.0 Å². The fraction of sp³-hybridized carbons (Fsp3) is 0.682. The van der Waals surface area contributed by atoms with Gasteiger partial charge in [-0.15, -0.1) is 0 Å². The Morgan fingerprint density at radius 3 is 2.45 bits per heavy atom. The molecule has 7 nitrogen and oxygen atoms in total. The van der Waals surface area contributed by atoms with E-state index in [1.165, 1.54) is 12.8 Å². The van der Waals surface area contributed by atoms with E-state index in [-0.39, 0.29) is 0 Å². The molecule has 1 aliphatic rings. The first kappa shape index (κ1) is 23.3. The second kappa shape index (κ2) is 12.5. The number of morpholine rings is 1. The lowest BCUT2D eigenvalue weighted by Gasteiger charge is -2.39. The molecule has 0 saturated carbocycles. The third-order valence-electron chi connectivity index (χ3n) is 5.74. The maximum absolute atomic E-state index is 5.55. The molecule has 0 bridgehead atoms. The molecule has 1 aromatic carbocycles. The number of para-hydroxylation sites is 1. The molecule has 1 atom stereocenters. The van der Waals surface area contributed by atoms with Gasteiger partial charge in [0, 0.05) is 44.8 Å². The van der Waals surface area contributed by atoms with Gasteiger partial charge in [-0.25, -0.2) is 0 Å². The molecule has 2 rings (SSSR count). The summed E-state index contributed by atoms with van der Waals surface area (Å²) < 4.78 is 16.5. The van der Waals surface area contributed by atoms with Crippen molar-refractivity contribution in [1.29, 1.82) is 0 Å². The minimum atomic E-state index is 0.471. The zero-order valence-corrected chi connectivity index (χ0v) is 18.7. The van der Waals surface area contributed by atoms with Crippen molar-refractivity contribution in [2.75, 3.05) is 54.1 Å². The van der Waals surface area contributed by atoms with E-state index in [9.17, 15) is 0 Å². The minimum Gasteiger partial charge on any atom is -0.493 e. The average molecular weight is 407 g/mol. The fourth-order valence-electron chi connectivity index (χ4n) is 4.03. The van der Waals surface area contributed by atoms with E-state index in [0.29, 0.717) is 18.5 Å². The number of hydrogen-bond acceptors (Lipinski definition) is 5. The average Bonchev–Trinajstić information content (AvgIpc) is 2.78. The summed E-state index contributed by atoms with van der Waals surface area (Å²) in [6.07, 6.45) is 2.35. The molecule has 0 radical (unpaired) electrons. The third kappa shape index (κ3) is 6.51. The predicted molar refractivity (Wildman–Crippen MR) is 118 cm³/mol. The van der Waals surface area contributed by atoms with Crippen LogP contribution in [-0.2, 0) is 11.3 Å². The Morgan fingerprint density at radius 2 is 1.86 bits per heavy atom. The van der Waals surface area contributed by atoms with Gasteiger partial charge < -0.3 is 24.8 Å². The summed E-state index contributed by atoms with van der Waals surface area (Å²) in [7, 11) is 5.12. The van der Waals surface area contributed by atoms with Gasteiger partial charge in [0.15, 0.2) is 17.5 Å². The van der Waals surface area contributed by atoms with Gasteiger partial charge in [0.25, 0.3) is 0 Å². The van der Waals surface area contributed by atoms with Crippen LogP contribution in [0.5, 0.6) is 11.5 Å². The standard InChI is InChI=1S/C22H38N4O3/c1-6-17(7-2)19(26-11-13-29-14-12-26)16-25-22(23-3)24-15-18-9-8-10-20(27-4)21(18)28-5/h8-10,17,19H,6-7,11-16H2,1-5H3,(H2,23,24,25). The Balaban J connectivity index is 1.99. The van der Waals surface area contributed by atoms with Gasteiger partial charge in [0.2, 0.25) is 0 Å². The van der Waals surface area contributed by atoms with Crippen LogP contribution in [0.1, 0.15) is 32.3 Å². The van der Waals surface area contributed by atoms with Crippen molar-refractivity contribution < 1.29 is 14.2 Å². The Labute approximate surface area is 175 Å². The second-order valence-electron chi connectivity index (χ2n) is 7.25. The van der Waals surface area contributed by atoms with Crippen LogP contribution in [0.4, 0.5) is 0 Å². The van der Waals surface area contributed by atoms with E-state index in [0.717, 1.165) is 55.9 Å². The van der Waals surface area contributed by atoms with Crippen molar-refractivity contribution >= 4 is 5.96 Å². The summed E-state index contributed by atoms with van der Waals surface area (Å²) in [4.78, 5) is 6.97. The topological polar surface area (TPSA) is 67.4 Å². The van der Waals surface area contributed by atoms with Gasteiger partial charge >= 0.3 is 0 Å². The molecule has 1 heterocycles. The molecule has 1 fully saturated rings. The Bertz CT molecular complexity index is 628. The van der Waals surface area contributed by atoms with Crippen LogP contribution < -0.4 is 20.1 Å². The minimum absolute atomic E-state index is 0.471. The van der Waals surface area contributed by atoms with Gasteiger partial charge in [0.05, 0.1) is 27.4 Å². The number of methoxy groups -OCH3 is 2. The third-order valence-corrected chi connectivity index (χ3v) is 5.74. The molecule has 7 heteroatoms. The molecule has 1 aliphatic heterocycles. The van der Waals surface area contributed by atoms with Crippen molar-refractivity contribution in [3.05, 3.63) is 23.8 Å². The number of aliphatic imine (C=N–C) groups is 1. The maximum Gasteiger partial charge on any atom is 0.191 e. The van der Waals surface area contributed by atoms with Gasteiger partial charge in [-0.3, -0.25) is 9.89 Å². The molecular weight excluding hydrogens is 368 g/mol. The Kier molecular flexibility index (Phi) is 10.1. The fourth-order valence-corrected chi connectivity index (χ4v) is 4.03. The lowest BCUT2D eigenvalue weighted by molar-refractivity contribution is 0.00272. The number of hydrogen-bond donors (Lipinski definition) is 2. The summed E-state index contributed by atoms with van der Waals surface area (Å²) in [6.45, 7) is 9.66. The van der Waals surface area contributed by atoms with Crippen LogP contribution in [0.15, 0.2) is 23.2 Å². The van der Waals surface area contributed by atoms with Crippen molar-refractivity contribution in [2.45, 2.75) is 39.3 Å². The van der Waals surface area contributed by atoms with Crippen LogP contribution in [0, 0.1) is 5.92 Å². The van der Waals surface area contributed by atoms with Crippen molar-refractivity contribution in [3.8, 4) is 11.5 Å². The van der Waals surface area contributed by atoms with E-state index >= 15 is 0 Å². The predicted octanol–water partition coefficient (Wildman–Crippen LogP) is 2.51. The highest BCUT2D eigenvalue weighted by Crippen LogP contribution is 2.30. The first-order chi connectivity index (χ1) is 14.2. The largest absolute Gasteiger partial charge is 0.493 e. The number of nitrogens with one attached hydrogen (secondary N) is 2. The van der Waals surface area contributed by atoms with E-state index in [1.807, 2.05) is 18.2 Å². The van der Waals surface area contributed by atoms with Gasteiger partial charge in [-0.1, -0.05) is 38.8 Å². The molecule has 0 aliphatic carbocycles. The number of rotatable bonds is 10. The summed E-state index contributed by atoms with van der Waals surface area (Å²) >= 11 is 0. The molecular formula is C22H38N4O3. The smallest absolute Gasteiger partial charge is 0.191 e. The monoisotopic (exact) mass is 406 g/mol. The van der Waals surface area contributed by atoms with Gasteiger partial charge in [-0.2, -0.15) is 0 Å². The highest BCUT2D eigenvalue weighted by Gasteiger charge is 2.27. The van der Waals surface area contributed by atoms with E-state index in [2.05, 4.69) is 34.4 Å². The molecule has 1 saturated heterocycles. The van der Waals surface area contributed by atoms with E-state index < -0.39 is 0 Å². The lowest BCUT2D eigenvalue weighted by Crippen LogP contribution is -2.53. The first-order valence-electron chi connectivity index (χ1n) is 10.6. The van der Waals surface area contributed by atoms with Crippen LogP contribution in [0.2, 0.25) is 0 Å². The molecule has 2 N–H and O–H groups in total.